The van der Waals surface area contributed by atoms with E-state index >= 15 is 0 Å². The number of amides is 1. The number of hydrogen-bond acceptors (Lipinski definition) is 3. The van der Waals surface area contributed by atoms with Crippen LogP contribution in [0.15, 0.2) is 52.0 Å². The number of nitrogens with one attached hydrogen (secondary N) is 1. The van der Waals surface area contributed by atoms with Crippen molar-refractivity contribution in [3.63, 3.8) is 0 Å². The number of benzene rings is 2. The highest BCUT2D eigenvalue weighted by Crippen LogP contribution is 2.22. The van der Waals surface area contributed by atoms with Gasteiger partial charge in [0.25, 0.3) is 5.91 Å². The van der Waals surface area contributed by atoms with Gasteiger partial charge in [0, 0.05) is 10.0 Å². The summed E-state index contributed by atoms with van der Waals surface area (Å²) in [6, 6.07) is 12.3. The first kappa shape index (κ1) is 16.8. The lowest BCUT2D eigenvalue weighted by atomic mass is 10.2. The van der Waals surface area contributed by atoms with E-state index < -0.39 is 0 Å². The van der Waals surface area contributed by atoms with Gasteiger partial charge in [-0.05, 0) is 30.3 Å². The molecule has 0 saturated carbocycles. The first-order valence-corrected chi connectivity index (χ1v) is 7.75. The molecule has 114 valence electrons. The van der Waals surface area contributed by atoms with Crippen LogP contribution in [-0.2, 0) is 4.79 Å². The van der Waals surface area contributed by atoms with Crippen molar-refractivity contribution < 1.29 is 9.53 Å². The lowest BCUT2D eigenvalue weighted by Gasteiger charge is -2.05. The van der Waals surface area contributed by atoms with Crippen LogP contribution in [0.2, 0.25) is 10.0 Å². The SMILES string of the molecule is O=C(COc1cccc(Br)c1)N/N=C/c1c(Cl)cccc1Cl. The van der Waals surface area contributed by atoms with Gasteiger partial charge in [-0.3, -0.25) is 4.79 Å². The summed E-state index contributed by atoms with van der Waals surface area (Å²) in [5, 5.41) is 4.72. The molecule has 2 aromatic carbocycles. The number of rotatable bonds is 5. The molecular formula is C15H11BrCl2N2O2. The Morgan fingerprint density at radius 2 is 1.91 bits per heavy atom. The molecular weight excluding hydrogens is 391 g/mol. The van der Waals surface area contributed by atoms with Gasteiger partial charge in [-0.2, -0.15) is 5.10 Å². The Bertz CT molecular complexity index is 687. The maximum atomic E-state index is 11.6. The zero-order valence-electron chi connectivity index (χ0n) is 11.2. The molecule has 0 radical (unpaired) electrons. The molecule has 0 aliphatic rings. The standard InChI is InChI=1S/C15H11BrCl2N2O2/c16-10-3-1-4-11(7-10)22-9-15(21)20-19-8-12-13(17)5-2-6-14(12)18/h1-8H,9H2,(H,20,21)/b19-8+. The highest BCUT2D eigenvalue weighted by molar-refractivity contribution is 9.10. The number of carbonyl (C=O) groups is 1. The van der Waals surface area contributed by atoms with Crippen LogP contribution in [0.5, 0.6) is 5.75 Å². The Morgan fingerprint density at radius 3 is 2.59 bits per heavy atom. The largest absolute Gasteiger partial charge is 0.484 e. The third-order valence-corrected chi connectivity index (χ3v) is 3.70. The van der Waals surface area contributed by atoms with Crippen molar-refractivity contribution in [3.8, 4) is 5.75 Å². The van der Waals surface area contributed by atoms with Crippen molar-refractivity contribution in [3.05, 3.63) is 62.5 Å². The van der Waals surface area contributed by atoms with Gasteiger partial charge in [0.05, 0.1) is 16.3 Å². The summed E-state index contributed by atoms with van der Waals surface area (Å²) in [4.78, 5) is 11.6. The molecule has 1 N–H and O–H groups in total. The maximum absolute atomic E-state index is 11.6. The van der Waals surface area contributed by atoms with Crippen LogP contribution in [0, 0.1) is 0 Å². The number of nitrogens with zero attached hydrogens (tertiary/aromatic N) is 1. The van der Waals surface area contributed by atoms with E-state index in [0.717, 1.165) is 4.47 Å². The third kappa shape index (κ3) is 5.02. The quantitative estimate of drug-likeness (QED) is 0.600. The molecule has 4 nitrogen and oxygen atoms in total. The van der Waals surface area contributed by atoms with Gasteiger partial charge in [0.1, 0.15) is 5.75 Å². The smallest absolute Gasteiger partial charge is 0.277 e. The fraction of sp³-hybridized carbons (Fsp3) is 0.0667. The number of hydrogen-bond donors (Lipinski definition) is 1. The topological polar surface area (TPSA) is 50.7 Å². The van der Waals surface area contributed by atoms with Crippen molar-refractivity contribution in [1.29, 1.82) is 0 Å². The van der Waals surface area contributed by atoms with E-state index in [-0.39, 0.29) is 12.5 Å². The minimum Gasteiger partial charge on any atom is -0.484 e. The van der Waals surface area contributed by atoms with Gasteiger partial charge in [-0.25, -0.2) is 5.43 Å². The molecule has 0 aliphatic heterocycles. The van der Waals surface area contributed by atoms with Crippen molar-refractivity contribution in [1.82, 2.24) is 5.43 Å². The minimum absolute atomic E-state index is 0.149. The molecule has 0 saturated heterocycles. The molecule has 0 atom stereocenters. The van der Waals surface area contributed by atoms with Crippen molar-refractivity contribution in [2.24, 2.45) is 5.10 Å². The van der Waals surface area contributed by atoms with Crippen LogP contribution >= 0.6 is 39.1 Å². The summed E-state index contributed by atoms with van der Waals surface area (Å²) in [6.07, 6.45) is 1.39. The number of hydrazone groups is 1. The maximum Gasteiger partial charge on any atom is 0.277 e. The average molecular weight is 402 g/mol. The van der Waals surface area contributed by atoms with Gasteiger partial charge in [-0.15, -0.1) is 0 Å². The predicted octanol–water partition coefficient (Wildman–Crippen LogP) is 4.29. The normalized spacial score (nSPS) is 10.7. The summed E-state index contributed by atoms with van der Waals surface area (Å²) in [5.41, 5.74) is 2.89. The van der Waals surface area contributed by atoms with E-state index in [9.17, 15) is 4.79 Å². The molecule has 0 bridgehead atoms. The molecule has 2 aromatic rings. The molecule has 0 heterocycles. The second-order valence-corrected chi connectivity index (χ2v) is 5.90. The number of carbonyl (C=O) groups excluding carboxylic acids is 1. The molecule has 1 amide bonds. The highest BCUT2D eigenvalue weighted by atomic mass is 79.9. The zero-order chi connectivity index (χ0) is 15.9. The van der Waals surface area contributed by atoms with E-state index in [4.69, 9.17) is 27.9 Å². The molecule has 0 unspecified atom stereocenters. The Labute approximate surface area is 146 Å². The Balaban J connectivity index is 1.86. The van der Waals surface area contributed by atoms with Gasteiger partial charge in [0.15, 0.2) is 6.61 Å². The number of ether oxygens (including phenoxy) is 1. The fourth-order valence-electron chi connectivity index (χ4n) is 1.54. The first-order chi connectivity index (χ1) is 10.6. The van der Waals surface area contributed by atoms with E-state index in [1.807, 2.05) is 12.1 Å². The monoisotopic (exact) mass is 400 g/mol. The lowest BCUT2D eigenvalue weighted by molar-refractivity contribution is -0.123. The Kier molecular flexibility index (Phi) is 6.24. The molecule has 0 aliphatic carbocycles. The molecule has 2 rings (SSSR count). The molecule has 7 heteroatoms. The predicted molar refractivity (Wildman–Crippen MR) is 91.8 cm³/mol. The van der Waals surface area contributed by atoms with E-state index in [1.165, 1.54) is 6.21 Å². The van der Waals surface area contributed by atoms with Crippen LogP contribution < -0.4 is 10.2 Å². The van der Waals surface area contributed by atoms with Crippen molar-refractivity contribution >= 4 is 51.3 Å². The van der Waals surface area contributed by atoms with Crippen molar-refractivity contribution in [2.75, 3.05) is 6.61 Å². The zero-order valence-corrected chi connectivity index (χ0v) is 14.3. The van der Waals surface area contributed by atoms with Gasteiger partial charge in [0.2, 0.25) is 0 Å². The lowest BCUT2D eigenvalue weighted by Crippen LogP contribution is -2.24. The van der Waals surface area contributed by atoms with Gasteiger partial charge >= 0.3 is 0 Å². The summed E-state index contributed by atoms with van der Waals surface area (Å²) in [6.45, 7) is -0.149. The first-order valence-electron chi connectivity index (χ1n) is 6.20. The van der Waals surface area contributed by atoms with Crippen molar-refractivity contribution in [2.45, 2.75) is 0 Å². The summed E-state index contributed by atoms with van der Waals surface area (Å²) in [5.74, 6) is 0.196. The molecule has 0 spiro atoms. The fourth-order valence-corrected chi connectivity index (χ4v) is 2.41. The Morgan fingerprint density at radius 1 is 1.23 bits per heavy atom. The van der Waals surface area contributed by atoms with Crippen LogP contribution in [-0.4, -0.2) is 18.7 Å². The number of halogens is 3. The Hall–Kier alpha value is -1.56. The van der Waals surface area contributed by atoms with E-state index in [0.29, 0.717) is 21.4 Å². The van der Waals surface area contributed by atoms with Gasteiger partial charge in [-0.1, -0.05) is 51.3 Å². The minimum atomic E-state index is -0.389. The molecule has 22 heavy (non-hydrogen) atoms. The van der Waals surface area contributed by atoms with Crippen LogP contribution in [0.3, 0.4) is 0 Å². The summed E-state index contributed by atoms with van der Waals surface area (Å²) in [7, 11) is 0. The molecule has 0 aromatic heterocycles. The third-order valence-electron chi connectivity index (χ3n) is 2.55. The average Bonchev–Trinajstić information content (AvgIpc) is 2.48. The second-order valence-electron chi connectivity index (χ2n) is 4.17. The summed E-state index contributed by atoms with van der Waals surface area (Å²) < 4.78 is 6.20. The summed E-state index contributed by atoms with van der Waals surface area (Å²) >= 11 is 15.3. The molecule has 0 fully saturated rings. The van der Waals surface area contributed by atoms with Crippen LogP contribution in [0.4, 0.5) is 0 Å². The van der Waals surface area contributed by atoms with Gasteiger partial charge < -0.3 is 4.74 Å². The second kappa shape index (κ2) is 8.17. The van der Waals surface area contributed by atoms with E-state index in [1.54, 1.807) is 30.3 Å². The van der Waals surface area contributed by atoms with Crippen LogP contribution in [0.25, 0.3) is 0 Å². The van der Waals surface area contributed by atoms with Crippen LogP contribution in [0.1, 0.15) is 5.56 Å². The highest BCUT2D eigenvalue weighted by Gasteiger charge is 2.04. The van der Waals surface area contributed by atoms with E-state index in [2.05, 4.69) is 26.5 Å².